The van der Waals surface area contributed by atoms with Crippen molar-refractivity contribution in [2.24, 2.45) is 0 Å². The first-order valence-corrected chi connectivity index (χ1v) is 6.56. The van der Waals surface area contributed by atoms with Crippen molar-refractivity contribution in [1.29, 1.82) is 0 Å². The van der Waals surface area contributed by atoms with Crippen LogP contribution in [0.3, 0.4) is 0 Å². The third-order valence-electron chi connectivity index (χ3n) is 2.91. The van der Waals surface area contributed by atoms with Crippen molar-refractivity contribution < 1.29 is 9.90 Å². The van der Waals surface area contributed by atoms with Gasteiger partial charge in [-0.2, -0.15) is 0 Å². The Bertz CT molecular complexity index is 517. The van der Waals surface area contributed by atoms with E-state index in [-0.39, 0.29) is 12.3 Å². The second-order valence-electron chi connectivity index (χ2n) is 4.62. The second-order valence-corrected chi connectivity index (χ2v) is 4.62. The van der Waals surface area contributed by atoms with Gasteiger partial charge in [0.1, 0.15) is 5.65 Å². The number of nitrogens with one attached hydrogen (secondary N) is 1. The van der Waals surface area contributed by atoms with Crippen LogP contribution in [0, 0.1) is 0 Å². The third kappa shape index (κ3) is 3.79. The summed E-state index contributed by atoms with van der Waals surface area (Å²) in [5.74, 6) is -0.112. The number of nitrogens with zero attached hydrogens (tertiary/aromatic N) is 2. The number of carbonyl (C=O) groups is 1. The van der Waals surface area contributed by atoms with Gasteiger partial charge in [-0.25, -0.2) is 4.98 Å². The maximum absolute atomic E-state index is 11.7. The zero-order chi connectivity index (χ0) is 13.7. The maximum atomic E-state index is 11.7. The monoisotopic (exact) mass is 261 g/mol. The van der Waals surface area contributed by atoms with Crippen molar-refractivity contribution in [3.8, 4) is 0 Å². The van der Waals surface area contributed by atoms with Gasteiger partial charge in [0.15, 0.2) is 0 Å². The molecule has 2 N–H and O–H groups in total. The number of imidazole rings is 1. The molecule has 0 aliphatic carbocycles. The van der Waals surface area contributed by atoms with Crippen molar-refractivity contribution >= 4 is 11.6 Å². The fourth-order valence-corrected chi connectivity index (χ4v) is 1.97. The van der Waals surface area contributed by atoms with Crippen LogP contribution in [0.2, 0.25) is 0 Å². The van der Waals surface area contributed by atoms with Gasteiger partial charge in [0.25, 0.3) is 0 Å². The standard InChI is InChI=1S/C14H19N3O2/c1-2-5-12(18)9-15-14(19)8-11-10-17-7-4-3-6-13(17)16-11/h3-4,6-7,10,12,18H,2,5,8-9H2,1H3,(H,15,19). The number of carbonyl (C=O) groups excluding carboxylic acids is 1. The van der Waals surface area contributed by atoms with Crippen LogP contribution in [-0.4, -0.2) is 33.0 Å². The first kappa shape index (κ1) is 13.5. The fourth-order valence-electron chi connectivity index (χ4n) is 1.97. The zero-order valence-electron chi connectivity index (χ0n) is 11.0. The van der Waals surface area contributed by atoms with Gasteiger partial charge in [0, 0.05) is 18.9 Å². The SMILES string of the molecule is CCCC(O)CNC(=O)Cc1cn2ccccc2n1. The van der Waals surface area contributed by atoms with Crippen LogP contribution in [0.4, 0.5) is 0 Å². The Morgan fingerprint density at radius 2 is 2.37 bits per heavy atom. The summed E-state index contributed by atoms with van der Waals surface area (Å²) in [6.45, 7) is 2.31. The second kappa shape index (κ2) is 6.33. The van der Waals surface area contributed by atoms with E-state index in [4.69, 9.17) is 0 Å². The van der Waals surface area contributed by atoms with Gasteiger partial charge in [-0.05, 0) is 18.6 Å². The molecule has 1 atom stereocenters. The van der Waals surface area contributed by atoms with E-state index in [0.29, 0.717) is 13.0 Å². The van der Waals surface area contributed by atoms with Gasteiger partial charge in [0.05, 0.1) is 18.2 Å². The highest BCUT2D eigenvalue weighted by Crippen LogP contribution is 2.05. The van der Waals surface area contributed by atoms with E-state index in [2.05, 4.69) is 10.3 Å². The van der Waals surface area contributed by atoms with Crippen LogP contribution in [0.15, 0.2) is 30.6 Å². The summed E-state index contributed by atoms with van der Waals surface area (Å²) >= 11 is 0. The molecule has 2 heterocycles. The Balaban J connectivity index is 1.88. The molecule has 0 saturated heterocycles. The molecule has 0 saturated carbocycles. The maximum Gasteiger partial charge on any atom is 0.226 e. The van der Waals surface area contributed by atoms with Crippen LogP contribution >= 0.6 is 0 Å². The van der Waals surface area contributed by atoms with Gasteiger partial charge in [-0.3, -0.25) is 4.79 Å². The Morgan fingerprint density at radius 3 is 3.11 bits per heavy atom. The highest BCUT2D eigenvalue weighted by atomic mass is 16.3. The summed E-state index contributed by atoms with van der Waals surface area (Å²) in [4.78, 5) is 16.1. The molecule has 5 nitrogen and oxygen atoms in total. The molecule has 0 aliphatic heterocycles. The normalized spacial score (nSPS) is 12.5. The molecule has 2 aromatic rings. The van der Waals surface area contributed by atoms with Crippen LogP contribution in [0.5, 0.6) is 0 Å². The van der Waals surface area contributed by atoms with Gasteiger partial charge in [-0.1, -0.05) is 19.4 Å². The van der Waals surface area contributed by atoms with Crippen molar-refractivity contribution in [2.45, 2.75) is 32.3 Å². The minimum Gasteiger partial charge on any atom is -0.391 e. The average Bonchev–Trinajstić information content (AvgIpc) is 2.78. The number of aliphatic hydroxyl groups excluding tert-OH is 1. The highest BCUT2D eigenvalue weighted by molar-refractivity contribution is 5.78. The summed E-state index contributed by atoms with van der Waals surface area (Å²) < 4.78 is 1.88. The molecule has 102 valence electrons. The van der Waals surface area contributed by atoms with E-state index in [0.717, 1.165) is 17.8 Å². The summed E-state index contributed by atoms with van der Waals surface area (Å²) in [7, 11) is 0. The van der Waals surface area contributed by atoms with E-state index in [1.54, 1.807) is 0 Å². The molecule has 1 unspecified atom stereocenters. The van der Waals surface area contributed by atoms with E-state index in [9.17, 15) is 9.90 Å². The average molecular weight is 261 g/mol. The minimum atomic E-state index is -0.463. The zero-order valence-corrected chi connectivity index (χ0v) is 11.0. The summed E-state index contributed by atoms with van der Waals surface area (Å²) in [5, 5.41) is 12.3. The summed E-state index contributed by atoms with van der Waals surface area (Å²) in [5.41, 5.74) is 1.56. The molecule has 0 aliphatic rings. The van der Waals surface area contributed by atoms with Crippen molar-refractivity contribution in [3.63, 3.8) is 0 Å². The molecule has 0 aromatic carbocycles. The lowest BCUT2D eigenvalue weighted by Gasteiger charge is -2.09. The van der Waals surface area contributed by atoms with E-state index in [1.807, 2.05) is 41.9 Å². The first-order valence-electron chi connectivity index (χ1n) is 6.56. The van der Waals surface area contributed by atoms with Crippen LogP contribution < -0.4 is 5.32 Å². The number of hydrogen-bond donors (Lipinski definition) is 2. The Morgan fingerprint density at radius 1 is 1.53 bits per heavy atom. The summed E-state index contributed by atoms with van der Waals surface area (Å²) in [6.07, 6.45) is 5.13. The van der Waals surface area contributed by atoms with Gasteiger partial charge >= 0.3 is 0 Å². The number of hydrogen-bond acceptors (Lipinski definition) is 3. The molecule has 0 spiro atoms. The number of fused-ring (bicyclic) bond motifs is 1. The molecule has 1 amide bonds. The number of amides is 1. The Kier molecular flexibility index (Phi) is 4.52. The lowest BCUT2D eigenvalue weighted by Crippen LogP contribution is -2.33. The topological polar surface area (TPSA) is 66.6 Å². The first-order chi connectivity index (χ1) is 9.19. The number of pyridine rings is 1. The lowest BCUT2D eigenvalue weighted by molar-refractivity contribution is -0.120. The van der Waals surface area contributed by atoms with E-state index in [1.165, 1.54) is 0 Å². The molecule has 5 heteroatoms. The minimum absolute atomic E-state index is 0.112. The molecule has 0 fully saturated rings. The Labute approximate surface area is 112 Å². The highest BCUT2D eigenvalue weighted by Gasteiger charge is 2.09. The van der Waals surface area contributed by atoms with Gasteiger partial charge in [0.2, 0.25) is 5.91 Å². The van der Waals surface area contributed by atoms with E-state index < -0.39 is 6.10 Å². The van der Waals surface area contributed by atoms with Crippen LogP contribution in [0.1, 0.15) is 25.5 Å². The number of rotatable bonds is 6. The van der Waals surface area contributed by atoms with Gasteiger partial charge < -0.3 is 14.8 Å². The Hall–Kier alpha value is -1.88. The number of aliphatic hydroxyl groups is 1. The molecular formula is C14H19N3O2. The predicted octanol–water partition coefficient (Wildman–Crippen LogP) is 1.15. The summed E-state index contributed by atoms with van der Waals surface area (Å²) in [6, 6.07) is 5.72. The van der Waals surface area contributed by atoms with Crippen LogP contribution in [0.25, 0.3) is 5.65 Å². The molecule has 19 heavy (non-hydrogen) atoms. The predicted molar refractivity (Wildman–Crippen MR) is 72.8 cm³/mol. The van der Waals surface area contributed by atoms with Crippen molar-refractivity contribution in [2.75, 3.05) is 6.54 Å². The smallest absolute Gasteiger partial charge is 0.226 e. The fraction of sp³-hybridized carbons (Fsp3) is 0.429. The van der Waals surface area contributed by atoms with E-state index >= 15 is 0 Å². The van der Waals surface area contributed by atoms with Crippen molar-refractivity contribution in [3.05, 3.63) is 36.3 Å². The largest absolute Gasteiger partial charge is 0.391 e. The molecule has 2 rings (SSSR count). The van der Waals surface area contributed by atoms with Gasteiger partial charge in [-0.15, -0.1) is 0 Å². The van der Waals surface area contributed by atoms with Crippen LogP contribution in [-0.2, 0) is 11.2 Å². The molecule has 0 radical (unpaired) electrons. The molecular weight excluding hydrogens is 242 g/mol. The molecule has 0 bridgehead atoms. The lowest BCUT2D eigenvalue weighted by atomic mass is 10.2. The number of aromatic nitrogens is 2. The third-order valence-corrected chi connectivity index (χ3v) is 2.91. The van der Waals surface area contributed by atoms with Crippen molar-refractivity contribution in [1.82, 2.24) is 14.7 Å². The quantitative estimate of drug-likeness (QED) is 0.820. The molecule has 2 aromatic heterocycles.